The molecule has 0 saturated carbocycles. The number of nitrogens with two attached hydrogens (primary N) is 1. The van der Waals surface area contributed by atoms with E-state index in [-0.39, 0.29) is 5.92 Å². The van der Waals surface area contributed by atoms with Gasteiger partial charge in [-0.1, -0.05) is 19.1 Å². The third kappa shape index (κ3) is 1.73. The standard InChI is InChI=1S/C9H15NO3/c1-5-6(8(12)13)3-4-9(2,10)7(5)11/h3-7,11H,10H2,1-2H3,(H,12,13)/t5?,6?,7-,9?/m0/s1. The van der Waals surface area contributed by atoms with E-state index in [4.69, 9.17) is 10.8 Å². The second-order valence-electron chi connectivity index (χ2n) is 3.89. The number of carboxylic acid groups (broad SMARTS) is 1. The minimum atomic E-state index is -0.918. The first-order valence-corrected chi connectivity index (χ1v) is 4.25. The molecule has 0 amide bonds. The summed E-state index contributed by atoms with van der Waals surface area (Å²) in [5.41, 5.74) is 4.93. The van der Waals surface area contributed by atoms with Crippen molar-refractivity contribution in [3.8, 4) is 0 Å². The van der Waals surface area contributed by atoms with Gasteiger partial charge >= 0.3 is 5.97 Å². The molecule has 1 aliphatic carbocycles. The fraction of sp³-hybridized carbons (Fsp3) is 0.667. The normalized spacial score (nSPS) is 44.8. The summed E-state index contributed by atoms with van der Waals surface area (Å²) in [6, 6.07) is 0. The molecule has 0 saturated heterocycles. The Hall–Kier alpha value is -0.870. The zero-order valence-corrected chi connectivity index (χ0v) is 7.77. The van der Waals surface area contributed by atoms with Gasteiger partial charge in [-0.25, -0.2) is 0 Å². The monoisotopic (exact) mass is 185 g/mol. The zero-order valence-electron chi connectivity index (χ0n) is 7.77. The molecule has 0 aromatic carbocycles. The van der Waals surface area contributed by atoms with E-state index in [9.17, 15) is 9.90 Å². The van der Waals surface area contributed by atoms with E-state index in [0.29, 0.717) is 0 Å². The van der Waals surface area contributed by atoms with Crippen molar-refractivity contribution >= 4 is 5.97 Å². The van der Waals surface area contributed by atoms with Crippen LogP contribution in [0.5, 0.6) is 0 Å². The van der Waals surface area contributed by atoms with E-state index in [1.807, 2.05) is 0 Å². The third-order valence-electron chi connectivity index (χ3n) is 2.65. The fourth-order valence-corrected chi connectivity index (χ4v) is 1.65. The minimum Gasteiger partial charge on any atom is -0.481 e. The number of aliphatic hydroxyl groups is 1. The van der Waals surface area contributed by atoms with Gasteiger partial charge in [0.05, 0.1) is 17.6 Å². The zero-order chi connectivity index (χ0) is 10.2. The molecule has 74 valence electrons. The highest BCUT2D eigenvalue weighted by Crippen LogP contribution is 2.29. The van der Waals surface area contributed by atoms with Crippen molar-refractivity contribution in [3.63, 3.8) is 0 Å². The maximum Gasteiger partial charge on any atom is 0.310 e. The van der Waals surface area contributed by atoms with E-state index in [1.165, 1.54) is 0 Å². The molecular formula is C9H15NO3. The van der Waals surface area contributed by atoms with Crippen LogP contribution in [0.25, 0.3) is 0 Å². The molecule has 0 spiro atoms. The molecule has 4 N–H and O–H groups in total. The maximum atomic E-state index is 10.7. The van der Waals surface area contributed by atoms with Gasteiger partial charge in [0.1, 0.15) is 0 Å². The molecule has 4 nitrogen and oxygen atoms in total. The van der Waals surface area contributed by atoms with Gasteiger partial charge in [0.25, 0.3) is 0 Å². The second-order valence-corrected chi connectivity index (χ2v) is 3.89. The fourth-order valence-electron chi connectivity index (χ4n) is 1.65. The number of aliphatic hydroxyl groups excluding tert-OH is 1. The number of hydrogen-bond acceptors (Lipinski definition) is 3. The van der Waals surface area contributed by atoms with Crippen LogP contribution in [0.15, 0.2) is 12.2 Å². The minimum absolute atomic E-state index is 0.350. The maximum absolute atomic E-state index is 10.7. The first-order valence-electron chi connectivity index (χ1n) is 4.25. The molecule has 0 fully saturated rings. The van der Waals surface area contributed by atoms with Crippen LogP contribution in [-0.2, 0) is 4.79 Å². The molecular weight excluding hydrogens is 170 g/mol. The number of carboxylic acids is 1. The van der Waals surface area contributed by atoms with Crippen LogP contribution in [0, 0.1) is 11.8 Å². The van der Waals surface area contributed by atoms with Crippen molar-refractivity contribution in [2.24, 2.45) is 17.6 Å². The largest absolute Gasteiger partial charge is 0.481 e. The summed E-state index contributed by atoms with van der Waals surface area (Å²) >= 11 is 0. The first kappa shape index (κ1) is 10.2. The smallest absolute Gasteiger partial charge is 0.310 e. The Labute approximate surface area is 77.1 Å². The van der Waals surface area contributed by atoms with Gasteiger partial charge in [-0.05, 0) is 6.92 Å². The Morgan fingerprint density at radius 3 is 2.62 bits per heavy atom. The molecule has 4 atom stereocenters. The number of aliphatic carboxylic acids is 1. The topological polar surface area (TPSA) is 83.5 Å². The van der Waals surface area contributed by atoms with Crippen molar-refractivity contribution in [1.29, 1.82) is 0 Å². The number of carbonyl (C=O) groups is 1. The Bertz CT molecular complexity index is 247. The Morgan fingerprint density at radius 2 is 2.15 bits per heavy atom. The van der Waals surface area contributed by atoms with Crippen molar-refractivity contribution in [3.05, 3.63) is 12.2 Å². The first-order chi connectivity index (χ1) is 5.86. The van der Waals surface area contributed by atoms with Gasteiger partial charge in [0, 0.05) is 5.92 Å². The van der Waals surface area contributed by atoms with Crippen molar-refractivity contribution in [2.75, 3.05) is 0 Å². The van der Waals surface area contributed by atoms with Crippen LogP contribution in [0.4, 0.5) is 0 Å². The lowest BCUT2D eigenvalue weighted by molar-refractivity contribution is -0.143. The molecule has 1 rings (SSSR count). The summed E-state index contributed by atoms with van der Waals surface area (Å²) in [4.78, 5) is 10.7. The van der Waals surface area contributed by atoms with E-state index in [1.54, 1.807) is 26.0 Å². The third-order valence-corrected chi connectivity index (χ3v) is 2.65. The highest BCUT2D eigenvalue weighted by Gasteiger charge is 2.40. The number of hydrogen-bond donors (Lipinski definition) is 3. The van der Waals surface area contributed by atoms with Crippen LogP contribution in [0.2, 0.25) is 0 Å². The molecule has 3 unspecified atom stereocenters. The molecule has 4 heteroatoms. The molecule has 1 aliphatic rings. The molecule has 0 heterocycles. The van der Waals surface area contributed by atoms with E-state index in [0.717, 1.165) is 0 Å². The van der Waals surface area contributed by atoms with Crippen LogP contribution in [0.3, 0.4) is 0 Å². The van der Waals surface area contributed by atoms with Crippen molar-refractivity contribution in [2.45, 2.75) is 25.5 Å². The van der Waals surface area contributed by atoms with Gasteiger partial charge in [0.2, 0.25) is 0 Å². The molecule has 0 aromatic rings. The Balaban J connectivity index is 2.94. The predicted molar refractivity (Wildman–Crippen MR) is 48.0 cm³/mol. The van der Waals surface area contributed by atoms with Gasteiger partial charge in [0.15, 0.2) is 0 Å². The quantitative estimate of drug-likeness (QED) is 0.501. The Morgan fingerprint density at radius 1 is 1.62 bits per heavy atom. The molecule has 13 heavy (non-hydrogen) atoms. The lowest BCUT2D eigenvalue weighted by atomic mass is 9.74. The summed E-state index contributed by atoms with van der Waals surface area (Å²) in [6.07, 6.45) is 2.31. The lowest BCUT2D eigenvalue weighted by Gasteiger charge is -2.37. The van der Waals surface area contributed by atoms with Gasteiger partial charge in [-0.15, -0.1) is 0 Å². The summed E-state index contributed by atoms with van der Waals surface area (Å²) < 4.78 is 0. The summed E-state index contributed by atoms with van der Waals surface area (Å²) in [5.74, 6) is -1.90. The highest BCUT2D eigenvalue weighted by atomic mass is 16.4. The van der Waals surface area contributed by atoms with Crippen molar-refractivity contribution in [1.82, 2.24) is 0 Å². The molecule has 0 aromatic heterocycles. The highest BCUT2D eigenvalue weighted by molar-refractivity contribution is 5.73. The van der Waals surface area contributed by atoms with E-state index >= 15 is 0 Å². The van der Waals surface area contributed by atoms with Crippen LogP contribution in [-0.4, -0.2) is 27.8 Å². The predicted octanol–water partition coefficient (Wildman–Crippen LogP) is -0.0286. The van der Waals surface area contributed by atoms with Crippen LogP contribution >= 0.6 is 0 Å². The number of rotatable bonds is 1. The Kier molecular flexibility index (Phi) is 2.45. The molecule has 0 aliphatic heterocycles. The lowest BCUT2D eigenvalue weighted by Crippen LogP contribution is -2.54. The van der Waals surface area contributed by atoms with Gasteiger partial charge in [-0.3, -0.25) is 4.79 Å². The average molecular weight is 185 g/mol. The van der Waals surface area contributed by atoms with Crippen LogP contribution in [0.1, 0.15) is 13.8 Å². The van der Waals surface area contributed by atoms with E-state index < -0.39 is 23.5 Å². The summed E-state index contributed by atoms with van der Waals surface area (Å²) in [7, 11) is 0. The molecule has 0 bridgehead atoms. The van der Waals surface area contributed by atoms with Crippen molar-refractivity contribution < 1.29 is 15.0 Å². The van der Waals surface area contributed by atoms with Crippen LogP contribution < -0.4 is 5.73 Å². The van der Waals surface area contributed by atoms with Gasteiger partial charge in [-0.2, -0.15) is 0 Å². The van der Waals surface area contributed by atoms with Gasteiger partial charge < -0.3 is 15.9 Å². The van der Waals surface area contributed by atoms with E-state index in [2.05, 4.69) is 0 Å². The SMILES string of the molecule is CC1C(C(=O)O)C=CC(C)(N)[C@H]1O. The second kappa shape index (κ2) is 3.12. The average Bonchev–Trinajstić information content (AvgIpc) is 2.00. The molecule has 0 radical (unpaired) electrons. The summed E-state index contributed by atoms with van der Waals surface area (Å²) in [6.45, 7) is 3.38. The summed E-state index contributed by atoms with van der Waals surface area (Å²) in [5, 5.41) is 18.5.